The minimum Gasteiger partial charge on any atom is -0.445 e. The Morgan fingerprint density at radius 2 is 1.89 bits per heavy atom. The lowest BCUT2D eigenvalue weighted by atomic mass is 10.1. The zero-order chi connectivity index (χ0) is 26.4. The van der Waals surface area contributed by atoms with Gasteiger partial charge in [0.25, 0.3) is 5.91 Å². The molecule has 37 heavy (non-hydrogen) atoms. The summed E-state index contributed by atoms with van der Waals surface area (Å²) in [4.78, 5) is 32.0. The van der Waals surface area contributed by atoms with Gasteiger partial charge in [0.05, 0.1) is 23.3 Å². The van der Waals surface area contributed by atoms with E-state index in [2.05, 4.69) is 16.9 Å². The van der Waals surface area contributed by atoms with Crippen molar-refractivity contribution in [2.24, 2.45) is 0 Å². The molecular weight excluding hydrogens is 511 g/mol. The van der Waals surface area contributed by atoms with Crippen LogP contribution >= 0.6 is 11.6 Å². The molecule has 2 aromatic rings. The van der Waals surface area contributed by atoms with Crippen LogP contribution in [0.2, 0.25) is 5.02 Å². The second-order valence-corrected chi connectivity index (χ2v) is 10.4. The predicted octanol–water partition coefficient (Wildman–Crippen LogP) is 4.41. The molecule has 0 radical (unpaired) electrons. The van der Waals surface area contributed by atoms with Crippen molar-refractivity contribution in [2.75, 3.05) is 32.7 Å². The normalized spacial score (nSPS) is 19.5. The first-order valence-electron chi connectivity index (χ1n) is 12.5. The Morgan fingerprint density at radius 3 is 2.59 bits per heavy atom. The minimum atomic E-state index is -4.55. The van der Waals surface area contributed by atoms with Gasteiger partial charge in [0.15, 0.2) is 5.69 Å². The van der Waals surface area contributed by atoms with Gasteiger partial charge in [-0.2, -0.15) is 18.3 Å². The number of aryl methyl sites for hydroxylation is 1. The van der Waals surface area contributed by atoms with Crippen molar-refractivity contribution in [1.82, 2.24) is 24.5 Å². The topological polar surface area (TPSA) is 70.9 Å². The first kappa shape index (κ1) is 25.8. The number of alkyl halides is 3. The molecule has 8 nitrogen and oxygen atoms in total. The maximum atomic E-state index is 13.4. The largest absolute Gasteiger partial charge is 0.445 e. The molecule has 0 unspecified atom stereocenters. The summed E-state index contributed by atoms with van der Waals surface area (Å²) in [5, 5.41) is 4.48. The van der Waals surface area contributed by atoms with Crippen molar-refractivity contribution in [1.29, 1.82) is 0 Å². The molecule has 3 heterocycles. The summed E-state index contributed by atoms with van der Waals surface area (Å²) in [5.74, 6) is -0.0793. The molecule has 1 spiro atoms. The molecule has 2 fully saturated rings. The fourth-order valence-corrected chi connectivity index (χ4v) is 5.47. The van der Waals surface area contributed by atoms with Gasteiger partial charge in [-0.05, 0) is 55.6 Å². The summed E-state index contributed by atoms with van der Waals surface area (Å²) in [6.45, 7) is 6.30. The molecular formula is C25H29ClF3N5O3. The number of carbonyl (C=O) groups is 2. The van der Waals surface area contributed by atoms with Crippen molar-refractivity contribution in [2.45, 2.75) is 57.6 Å². The first-order chi connectivity index (χ1) is 17.6. The van der Waals surface area contributed by atoms with Gasteiger partial charge in [-0.3, -0.25) is 14.4 Å². The highest BCUT2D eigenvalue weighted by molar-refractivity contribution is 6.30. The zero-order valence-electron chi connectivity index (χ0n) is 20.6. The maximum Gasteiger partial charge on any atom is 0.416 e. The van der Waals surface area contributed by atoms with E-state index in [4.69, 9.17) is 16.3 Å². The van der Waals surface area contributed by atoms with Crippen LogP contribution in [0.1, 0.15) is 53.5 Å². The van der Waals surface area contributed by atoms with Crippen molar-refractivity contribution >= 4 is 23.6 Å². The lowest BCUT2D eigenvalue weighted by Crippen LogP contribution is -2.56. The number of hydrogen-bond donors (Lipinski definition) is 0. The molecule has 0 N–H and O–H groups in total. The highest BCUT2D eigenvalue weighted by atomic mass is 35.5. The third-order valence-electron chi connectivity index (χ3n) is 7.39. The number of halogens is 4. The highest BCUT2D eigenvalue weighted by Gasteiger charge is 2.53. The Labute approximate surface area is 217 Å². The van der Waals surface area contributed by atoms with Crippen LogP contribution in [0.15, 0.2) is 24.3 Å². The van der Waals surface area contributed by atoms with E-state index in [1.807, 2.05) is 4.90 Å². The molecule has 1 aromatic heterocycles. The molecule has 0 bridgehead atoms. The first-order valence-corrected chi connectivity index (χ1v) is 12.9. The second-order valence-electron chi connectivity index (χ2n) is 9.97. The molecule has 1 aromatic carbocycles. The molecule has 0 atom stereocenters. The smallest absolute Gasteiger partial charge is 0.416 e. The van der Waals surface area contributed by atoms with Crippen LogP contribution in [-0.4, -0.2) is 74.7 Å². The summed E-state index contributed by atoms with van der Waals surface area (Å²) >= 11 is 5.82. The SMILES string of the molecule is CCN1CCN(C(=O)c2cc3n(n2)CCCN(C(=O)OCc2cc(Cl)cc(C(F)(F)F)c2)C3)C2(CC2)C1. The number of rotatable bonds is 4. The minimum absolute atomic E-state index is 0.0793. The number of fused-ring (bicyclic) bond motifs is 1. The number of likely N-dealkylation sites (N-methyl/N-ethyl adjacent to an activating group) is 1. The second kappa shape index (κ2) is 9.83. The van der Waals surface area contributed by atoms with E-state index in [-0.39, 0.29) is 35.2 Å². The molecule has 3 aliphatic rings. The van der Waals surface area contributed by atoms with Crippen LogP contribution in [-0.2, 0) is 30.6 Å². The van der Waals surface area contributed by atoms with E-state index < -0.39 is 17.8 Å². The highest BCUT2D eigenvalue weighted by Crippen LogP contribution is 2.44. The summed E-state index contributed by atoms with van der Waals surface area (Å²) < 4.78 is 46.3. The van der Waals surface area contributed by atoms with E-state index in [1.54, 1.807) is 10.7 Å². The summed E-state index contributed by atoms with van der Waals surface area (Å²) in [6.07, 6.45) is -2.60. The van der Waals surface area contributed by atoms with Gasteiger partial charge in [-0.1, -0.05) is 18.5 Å². The fraction of sp³-hybridized carbons (Fsp3) is 0.560. The van der Waals surface area contributed by atoms with Crippen LogP contribution in [0, 0.1) is 0 Å². The van der Waals surface area contributed by atoms with Gasteiger partial charge >= 0.3 is 12.3 Å². The molecule has 12 heteroatoms. The van der Waals surface area contributed by atoms with Crippen LogP contribution in [0.4, 0.5) is 18.0 Å². The number of benzene rings is 1. The summed E-state index contributed by atoms with van der Waals surface area (Å²) in [5.41, 5.74) is 0.259. The van der Waals surface area contributed by atoms with E-state index in [9.17, 15) is 22.8 Å². The third kappa shape index (κ3) is 5.43. The number of nitrogens with zero attached hydrogens (tertiary/aromatic N) is 5. The summed E-state index contributed by atoms with van der Waals surface area (Å²) in [6, 6.07) is 4.83. The van der Waals surface area contributed by atoms with Crippen molar-refractivity contribution in [3.8, 4) is 0 Å². The number of hydrogen-bond acceptors (Lipinski definition) is 5. The third-order valence-corrected chi connectivity index (χ3v) is 7.61. The van der Waals surface area contributed by atoms with Gasteiger partial charge in [0.1, 0.15) is 6.61 Å². The Hall–Kier alpha value is -2.79. The zero-order valence-corrected chi connectivity index (χ0v) is 21.3. The molecule has 1 aliphatic carbocycles. The van der Waals surface area contributed by atoms with Crippen molar-refractivity contribution in [3.63, 3.8) is 0 Å². The van der Waals surface area contributed by atoms with Gasteiger partial charge in [-0.25, -0.2) is 4.79 Å². The molecule has 5 rings (SSSR count). The van der Waals surface area contributed by atoms with Gasteiger partial charge < -0.3 is 14.5 Å². The quantitative estimate of drug-likeness (QED) is 0.576. The van der Waals surface area contributed by atoms with Gasteiger partial charge in [-0.15, -0.1) is 0 Å². The molecule has 2 aliphatic heterocycles. The van der Waals surface area contributed by atoms with Gasteiger partial charge in [0, 0.05) is 37.7 Å². The maximum absolute atomic E-state index is 13.4. The van der Waals surface area contributed by atoms with Crippen molar-refractivity contribution < 1.29 is 27.5 Å². The Bertz CT molecular complexity index is 1200. The Balaban J connectivity index is 1.24. The Morgan fingerprint density at radius 1 is 1.11 bits per heavy atom. The van der Waals surface area contributed by atoms with E-state index in [0.717, 1.165) is 50.3 Å². The number of aromatic nitrogens is 2. The molecule has 1 saturated heterocycles. The molecule has 200 valence electrons. The standard InChI is InChI=1S/C25H29ClF3N5O3/c1-2-31-8-9-33(24(16-31)4-5-24)22(35)21-13-20-14-32(6-3-7-34(20)30-21)23(36)37-15-17-10-18(25(27,28)29)12-19(26)11-17/h10-13H,2-9,14-16H2,1H3. The number of piperazine rings is 1. The van der Waals surface area contributed by atoms with E-state index in [0.29, 0.717) is 31.7 Å². The number of carbonyl (C=O) groups excluding carboxylic acids is 2. The lowest BCUT2D eigenvalue weighted by Gasteiger charge is -2.41. The van der Waals surface area contributed by atoms with E-state index >= 15 is 0 Å². The lowest BCUT2D eigenvalue weighted by molar-refractivity contribution is -0.137. The number of ether oxygens (including phenoxy) is 1. The predicted molar refractivity (Wildman–Crippen MR) is 129 cm³/mol. The fourth-order valence-electron chi connectivity index (χ4n) is 5.21. The molecule has 1 saturated carbocycles. The van der Waals surface area contributed by atoms with Crippen LogP contribution < -0.4 is 0 Å². The average Bonchev–Trinajstić information content (AvgIpc) is 3.55. The average molecular weight is 540 g/mol. The van der Waals surface area contributed by atoms with Crippen molar-refractivity contribution in [3.05, 3.63) is 51.8 Å². The Kier molecular flexibility index (Phi) is 6.86. The van der Waals surface area contributed by atoms with Crippen LogP contribution in [0.5, 0.6) is 0 Å². The van der Waals surface area contributed by atoms with Gasteiger partial charge in [0.2, 0.25) is 0 Å². The van der Waals surface area contributed by atoms with E-state index in [1.165, 1.54) is 11.0 Å². The van der Waals surface area contributed by atoms with Crippen LogP contribution in [0.25, 0.3) is 0 Å². The summed E-state index contributed by atoms with van der Waals surface area (Å²) in [7, 11) is 0. The number of amides is 2. The van der Waals surface area contributed by atoms with Crippen LogP contribution in [0.3, 0.4) is 0 Å². The molecule has 2 amide bonds. The monoisotopic (exact) mass is 539 g/mol.